The van der Waals surface area contributed by atoms with Gasteiger partial charge in [0.05, 0.1) is 12.4 Å². The maximum absolute atomic E-state index is 12.8. The summed E-state index contributed by atoms with van der Waals surface area (Å²) < 4.78 is 34.4. The van der Waals surface area contributed by atoms with E-state index in [0.717, 1.165) is 6.42 Å². The summed E-state index contributed by atoms with van der Waals surface area (Å²) in [7, 11) is -0.0870. The van der Waals surface area contributed by atoms with Crippen LogP contribution in [0.25, 0.3) is 0 Å². The van der Waals surface area contributed by atoms with E-state index >= 15 is 0 Å². The van der Waals surface area contributed by atoms with Gasteiger partial charge in [0.15, 0.2) is 5.03 Å². The summed E-state index contributed by atoms with van der Waals surface area (Å²) in [6.07, 6.45) is 4.62. The molecule has 24 heavy (non-hydrogen) atoms. The summed E-state index contributed by atoms with van der Waals surface area (Å²) in [6, 6.07) is 10.1. The number of rotatable bonds is 5. The van der Waals surface area contributed by atoms with Crippen LogP contribution in [0.2, 0.25) is 0 Å². The Morgan fingerprint density at radius 2 is 2.04 bits per heavy atom. The molecule has 0 aliphatic carbocycles. The third-order valence-electron chi connectivity index (χ3n) is 4.56. The predicted molar refractivity (Wildman–Crippen MR) is 91.0 cm³/mol. The summed E-state index contributed by atoms with van der Waals surface area (Å²) >= 11 is 0. The van der Waals surface area contributed by atoms with E-state index in [-0.39, 0.29) is 17.0 Å². The lowest BCUT2D eigenvalue weighted by Crippen LogP contribution is -2.47. The number of aryl methyl sites for hydroxylation is 1. The van der Waals surface area contributed by atoms with Crippen molar-refractivity contribution in [3.8, 4) is 0 Å². The Hall–Kier alpha value is -1.70. The van der Waals surface area contributed by atoms with E-state index in [1.165, 1.54) is 11.9 Å². The molecule has 0 N–H and O–H groups in total. The van der Waals surface area contributed by atoms with Gasteiger partial charge in [0, 0.05) is 39.4 Å². The molecule has 0 bridgehead atoms. The number of nitrogens with zero attached hydrogens (tertiary/aromatic N) is 3. The van der Waals surface area contributed by atoms with Crippen LogP contribution >= 0.6 is 0 Å². The number of sulfonamides is 1. The molecule has 2 aromatic rings. The molecule has 0 radical (unpaired) electrons. The van der Waals surface area contributed by atoms with Crippen LogP contribution in [0.4, 0.5) is 0 Å². The van der Waals surface area contributed by atoms with Crippen molar-refractivity contribution < 1.29 is 13.2 Å². The lowest BCUT2D eigenvalue weighted by Gasteiger charge is -2.36. The SMILES string of the molecule is CO[C@@H]1CCN(S(=O)(=O)c2cn(C)cn2)C[C@H]1Cc1ccccc1. The van der Waals surface area contributed by atoms with Crippen molar-refractivity contribution in [3.05, 3.63) is 48.4 Å². The van der Waals surface area contributed by atoms with E-state index in [9.17, 15) is 8.42 Å². The number of methoxy groups -OCH3 is 1. The highest BCUT2D eigenvalue weighted by Crippen LogP contribution is 2.27. The van der Waals surface area contributed by atoms with Crippen molar-refractivity contribution in [2.45, 2.75) is 24.0 Å². The van der Waals surface area contributed by atoms with Gasteiger partial charge < -0.3 is 9.30 Å². The van der Waals surface area contributed by atoms with Gasteiger partial charge in [-0.3, -0.25) is 0 Å². The number of hydrogen-bond donors (Lipinski definition) is 0. The van der Waals surface area contributed by atoms with Crippen molar-refractivity contribution in [3.63, 3.8) is 0 Å². The first-order chi connectivity index (χ1) is 11.5. The molecule has 1 aromatic heterocycles. The highest BCUT2D eigenvalue weighted by atomic mass is 32.2. The van der Waals surface area contributed by atoms with Crippen molar-refractivity contribution in [1.82, 2.24) is 13.9 Å². The fourth-order valence-corrected chi connectivity index (χ4v) is 4.75. The van der Waals surface area contributed by atoms with E-state index in [1.54, 1.807) is 29.2 Å². The molecule has 7 heteroatoms. The first-order valence-electron chi connectivity index (χ1n) is 8.05. The Labute approximate surface area is 143 Å². The Balaban J connectivity index is 1.79. The Bertz CT molecular complexity index is 773. The summed E-state index contributed by atoms with van der Waals surface area (Å²) in [5, 5.41) is 0.110. The Morgan fingerprint density at radius 3 is 2.67 bits per heavy atom. The van der Waals surface area contributed by atoms with Crippen LogP contribution in [0.5, 0.6) is 0 Å². The van der Waals surface area contributed by atoms with Crippen LogP contribution in [-0.4, -0.2) is 48.6 Å². The lowest BCUT2D eigenvalue weighted by molar-refractivity contribution is 0.0130. The maximum Gasteiger partial charge on any atom is 0.262 e. The number of ether oxygens (including phenoxy) is 1. The van der Waals surface area contributed by atoms with Gasteiger partial charge in [-0.1, -0.05) is 30.3 Å². The minimum atomic E-state index is -3.55. The average Bonchev–Trinajstić information content (AvgIpc) is 3.03. The summed E-state index contributed by atoms with van der Waals surface area (Å²) in [5.74, 6) is 0.129. The van der Waals surface area contributed by atoms with Gasteiger partial charge in [-0.25, -0.2) is 13.4 Å². The van der Waals surface area contributed by atoms with E-state index in [4.69, 9.17) is 4.74 Å². The fraction of sp³-hybridized carbons (Fsp3) is 0.471. The number of imidazole rings is 1. The molecule has 0 saturated carbocycles. The molecule has 1 fully saturated rings. The Kier molecular flexibility index (Phi) is 5.03. The molecule has 1 saturated heterocycles. The molecule has 2 atom stereocenters. The number of aromatic nitrogens is 2. The fourth-order valence-electron chi connectivity index (χ4n) is 3.27. The monoisotopic (exact) mass is 349 g/mol. The first kappa shape index (κ1) is 17.1. The van der Waals surface area contributed by atoms with Crippen LogP contribution in [0.3, 0.4) is 0 Å². The van der Waals surface area contributed by atoms with Gasteiger partial charge in [-0.15, -0.1) is 0 Å². The van der Waals surface area contributed by atoms with Crippen molar-refractivity contribution in [1.29, 1.82) is 0 Å². The predicted octanol–water partition coefficient (Wildman–Crippen LogP) is 1.69. The maximum atomic E-state index is 12.8. The summed E-state index contributed by atoms with van der Waals surface area (Å²) in [6.45, 7) is 0.912. The molecule has 6 nitrogen and oxygen atoms in total. The van der Waals surface area contributed by atoms with Crippen LogP contribution in [-0.2, 0) is 28.2 Å². The molecular formula is C17H23N3O3S. The molecule has 130 valence electrons. The largest absolute Gasteiger partial charge is 0.381 e. The molecule has 1 aromatic carbocycles. The molecule has 1 aliphatic rings. The van der Waals surface area contributed by atoms with E-state index in [2.05, 4.69) is 17.1 Å². The molecule has 0 amide bonds. The standard InChI is InChI=1S/C17H23N3O3S/c1-19-12-17(18-13-19)24(21,22)20-9-8-16(23-2)15(11-20)10-14-6-4-3-5-7-14/h3-7,12-13,15-16H,8-11H2,1-2H3/t15-,16-/m1/s1. The zero-order valence-corrected chi connectivity index (χ0v) is 14.8. The van der Waals surface area contributed by atoms with Crippen molar-refractivity contribution in [2.24, 2.45) is 13.0 Å². The van der Waals surface area contributed by atoms with E-state index < -0.39 is 10.0 Å². The van der Waals surface area contributed by atoms with Gasteiger partial charge >= 0.3 is 0 Å². The van der Waals surface area contributed by atoms with Crippen LogP contribution < -0.4 is 0 Å². The normalized spacial score (nSPS) is 22.6. The van der Waals surface area contributed by atoms with E-state index in [0.29, 0.717) is 19.5 Å². The molecule has 2 heterocycles. The topological polar surface area (TPSA) is 64.4 Å². The number of piperidine rings is 1. The molecular weight excluding hydrogens is 326 g/mol. The smallest absolute Gasteiger partial charge is 0.262 e. The summed E-state index contributed by atoms with van der Waals surface area (Å²) in [5.41, 5.74) is 1.20. The lowest BCUT2D eigenvalue weighted by atomic mass is 9.89. The Morgan fingerprint density at radius 1 is 1.29 bits per heavy atom. The van der Waals surface area contributed by atoms with Gasteiger partial charge in [0.2, 0.25) is 0 Å². The van der Waals surface area contributed by atoms with Gasteiger partial charge in [-0.05, 0) is 18.4 Å². The second kappa shape index (κ2) is 7.04. The highest BCUT2D eigenvalue weighted by molar-refractivity contribution is 7.89. The average molecular weight is 349 g/mol. The van der Waals surface area contributed by atoms with Crippen LogP contribution in [0, 0.1) is 5.92 Å². The quantitative estimate of drug-likeness (QED) is 0.824. The van der Waals surface area contributed by atoms with Crippen LogP contribution in [0.15, 0.2) is 47.9 Å². The second-order valence-corrected chi connectivity index (χ2v) is 8.14. The number of hydrogen-bond acceptors (Lipinski definition) is 4. The van der Waals surface area contributed by atoms with Crippen molar-refractivity contribution >= 4 is 10.0 Å². The first-order valence-corrected chi connectivity index (χ1v) is 9.49. The third kappa shape index (κ3) is 3.53. The summed E-state index contributed by atoms with van der Waals surface area (Å²) in [4.78, 5) is 4.01. The minimum Gasteiger partial charge on any atom is -0.381 e. The zero-order chi connectivity index (χ0) is 17.2. The molecule has 0 spiro atoms. The zero-order valence-electron chi connectivity index (χ0n) is 14.0. The molecule has 0 unspecified atom stereocenters. The number of benzene rings is 1. The van der Waals surface area contributed by atoms with Crippen molar-refractivity contribution in [2.75, 3.05) is 20.2 Å². The van der Waals surface area contributed by atoms with Gasteiger partial charge in [0.1, 0.15) is 0 Å². The molecule has 1 aliphatic heterocycles. The third-order valence-corrected chi connectivity index (χ3v) is 6.31. The van der Waals surface area contributed by atoms with E-state index in [1.807, 2.05) is 18.2 Å². The minimum absolute atomic E-state index is 0.0698. The second-order valence-electron chi connectivity index (χ2n) is 6.25. The van der Waals surface area contributed by atoms with Gasteiger partial charge in [0.25, 0.3) is 10.0 Å². The highest BCUT2D eigenvalue weighted by Gasteiger charge is 2.36. The van der Waals surface area contributed by atoms with Gasteiger partial charge in [-0.2, -0.15) is 4.31 Å². The molecule has 3 rings (SSSR count). The van der Waals surface area contributed by atoms with Crippen LogP contribution in [0.1, 0.15) is 12.0 Å².